The fourth-order valence-corrected chi connectivity index (χ4v) is 3.00. The number of ether oxygens (including phenoxy) is 1. The van der Waals surface area contributed by atoms with Crippen LogP contribution < -0.4 is 10.2 Å². The molecule has 2 aromatic carbocycles. The van der Waals surface area contributed by atoms with Gasteiger partial charge in [0, 0.05) is 24.5 Å². The maximum Gasteiger partial charge on any atom is 0.411 e. The molecule has 1 fully saturated rings. The van der Waals surface area contributed by atoms with Crippen molar-refractivity contribution in [2.24, 2.45) is 0 Å². The molecule has 1 heterocycles. The van der Waals surface area contributed by atoms with Crippen LogP contribution in [0.2, 0.25) is 0 Å². The highest BCUT2D eigenvalue weighted by atomic mass is 16.6. The molecule has 4 nitrogen and oxygen atoms in total. The topological polar surface area (TPSA) is 41.6 Å². The molecular weight excluding hydrogens is 288 g/mol. The van der Waals surface area contributed by atoms with Crippen molar-refractivity contribution >= 4 is 17.5 Å². The van der Waals surface area contributed by atoms with E-state index < -0.39 is 0 Å². The summed E-state index contributed by atoms with van der Waals surface area (Å²) >= 11 is 0. The van der Waals surface area contributed by atoms with Crippen LogP contribution in [0.4, 0.5) is 16.2 Å². The Labute approximate surface area is 136 Å². The average Bonchev–Trinajstić information content (AvgIpc) is 3.28. The van der Waals surface area contributed by atoms with Crippen molar-refractivity contribution in [1.82, 2.24) is 0 Å². The van der Waals surface area contributed by atoms with Gasteiger partial charge >= 0.3 is 6.09 Å². The SMILES string of the molecule is O=C(Nc1ccc2c(c1)CCN2Cc1ccccc1)OC1CC1. The van der Waals surface area contributed by atoms with Crippen LogP contribution in [-0.2, 0) is 17.7 Å². The maximum absolute atomic E-state index is 11.7. The summed E-state index contributed by atoms with van der Waals surface area (Å²) in [6, 6.07) is 16.6. The second kappa shape index (κ2) is 5.95. The first kappa shape index (κ1) is 14.1. The van der Waals surface area contributed by atoms with Gasteiger partial charge in [0.25, 0.3) is 0 Å². The van der Waals surface area contributed by atoms with Gasteiger partial charge in [-0.2, -0.15) is 0 Å². The number of rotatable bonds is 4. The lowest BCUT2D eigenvalue weighted by molar-refractivity contribution is 0.154. The maximum atomic E-state index is 11.7. The van der Waals surface area contributed by atoms with Crippen molar-refractivity contribution in [1.29, 1.82) is 0 Å². The predicted molar refractivity (Wildman–Crippen MR) is 90.8 cm³/mol. The van der Waals surface area contributed by atoms with E-state index in [9.17, 15) is 4.79 Å². The Kier molecular flexibility index (Phi) is 3.66. The molecule has 118 valence electrons. The minimum atomic E-state index is -0.341. The molecule has 4 heteroatoms. The zero-order valence-electron chi connectivity index (χ0n) is 13.0. The van der Waals surface area contributed by atoms with Crippen LogP contribution in [0.5, 0.6) is 0 Å². The van der Waals surface area contributed by atoms with Gasteiger partial charge in [0.1, 0.15) is 6.10 Å². The summed E-state index contributed by atoms with van der Waals surface area (Å²) < 4.78 is 5.22. The summed E-state index contributed by atoms with van der Waals surface area (Å²) in [5, 5.41) is 2.83. The third kappa shape index (κ3) is 3.31. The fraction of sp³-hybridized carbons (Fsp3) is 0.316. The summed E-state index contributed by atoms with van der Waals surface area (Å²) in [5.74, 6) is 0. The molecule has 2 aromatic rings. The van der Waals surface area contributed by atoms with E-state index in [0.717, 1.165) is 38.0 Å². The third-order valence-electron chi connectivity index (χ3n) is 4.33. The Balaban J connectivity index is 1.44. The van der Waals surface area contributed by atoms with Crippen LogP contribution >= 0.6 is 0 Å². The lowest BCUT2D eigenvalue weighted by atomic mass is 10.1. The molecular formula is C19H20N2O2. The molecule has 0 spiro atoms. The Morgan fingerprint density at radius 1 is 1.17 bits per heavy atom. The predicted octanol–water partition coefficient (Wildman–Crippen LogP) is 3.96. The molecule has 1 aliphatic carbocycles. The number of nitrogens with one attached hydrogen (secondary N) is 1. The highest BCUT2D eigenvalue weighted by molar-refractivity contribution is 5.85. The highest BCUT2D eigenvalue weighted by Gasteiger charge is 2.26. The van der Waals surface area contributed by atoms with E-state index in [0.29, 0.717) is 0 Å². The number of hydrogen-bond donors (Lipinski definition) is 1. The van der Waals surface area contributed by atoms with E-state index in [1.807, 2.05) is 12.1 Å². The van der Waals surface area contributed by atoms with Gasteiger partial charge in [0.15, 0.2) is 0 Å². The van der Waals surface area contributed by atoms with Gasteiger partial charge in [-0.1, -0.05) is 30.3 Å². The number of anilines is 2. The van der Waals surface area contributed by atoms with Crippen molar-refractivity contribution in [2.75, 3.05) is 16.8 Å². The fourth-order valence-electron chi connectivity index (χ4n) is 3.00. The van der Waals surface area contributed by atoms with E-state index in [1.54, 1.807) is 0 Å². The molecule has 2 aliphatic rings. The molecule has 0 saturated heterocycles. The minimum Gasteiger partial charge on any atom is -0.446 e. The molecule has 1 N–H and O–H groups in total. The van der Waals surface area contributed by atoms with Gasteiger partial charge in [-0.25, -0.2) is 4.79 Å². The van der Waals surface area contributed by atoms with Gasteiger partial charge < -0.3 is 9.64 Å². The monoisotopic (exact) mass is 308 g/mol. The van der Waals surface area contributed by atoms with E-state index in [4.69, 9.17) is 4.74 Å². The summed E-state index contributed by atoms with van der Waals surface area (Å²) in [6.07, 6.45) is 2.78. The number of fused-ring (bicyclic) bond motifs is 1. The van der Waals surface area contributed by atoms with Gasteiger partial charge in [0.2, 0.25) is 0 Å². The summed E-state index contributed by atoms with van der Waals surface area (Å²) in [5.41, 5.74) is 4.67. The van der Waals surface area contributed by atoms with Crippen LogP contribution in [0.3, 0.4) is 0 Å². The van der Waals surface area contributed by atoms with E-state index >= 15 is 0 Å². The van der Waals surface area contributed by atoms with E-state index in [2.05, 4.69) is 46.6 Å². The second-order valence-corrected chi connectivity index (χ2v) is 6.23. The number of carbonyl (C=O) groups is 1. The van der Waals surface area contributed by atoms with Gasteiger partial charge in [0.05, 0.1) is 0 Å². The summed E-state index contributed by atoms with van der Waals surface area (Å²) in [4.78, 5) is 14.1. The van der Waals surface area contributed by atoms with E-state index in [1.165, 1.54) is 16.8 Å². The smallest absolute Gasteiger partial charge is 0.411 e. The molecule has 23 heavy (non-hydrogen) atoms. The average molecular weight is 308 g/mol. The van der Waals surface area contributed by atoms with Crippen LogP contribution in [0, 0.1) is 0 Å². The quantitative estimate of drug-likeness (QED) is 0.929. The molecule has 1 aliphatic heterocycles. The first-order valence-corrected chi connectivity index (χ1v) is 8.17. The molecule has 4 rings (SSSR count). The molecule has 0 atom stereocenters. The van der Waals surface area contributed by atoms with Crippen LogP contribution in [0.15, 0.2) is 48.5 Å². The summed E-state index contributed by atoms with van der Waals surface area (Å²) in [7, 11) is 0. The standard InChI is InChI=1S/C19H20N2O2/c22-19(23-17-7-8-17)20-16-6-9-18-15(12-16)10-11-21(18)13-14-4-2-1-3-5-14/h1-6,9,12,17H,7-8,10-11,13H2,(H,20,22). The molecule has 0 unspecified atom stereocenters. The van der Waals surface area contributed by atoms with Crippen LogP contribution in [0.1, 0.15) is 24.0 Å². The lowest BCUT2D eigenvalue weighted by Crippen LogP contribution is -2.19. The van der Waals surface area contributed by atoms with Gasteiger partial charge in [-0.05, 0) is 48.6 Å². The number of benzene rings is 2. The number of nitrogens with zero attached hydrogens (tertiary/aromatic N) is 1. The molecule has 0 radical (unpaired) electrons. The largest absolute Gasteiger partial charge is 0.446 e. The molecule has 1 amide bonds. The summed E-state index contributed by atoms with van der Waals surface area (Å²) in [6.45, 7) is 1.94. The van der Waals surface area contributed by atoms with Gasteiger partial charge in [-0.3, -0.25) is 5.32 Å². The Morgan fingerprint density at radius 2 is 2.00 bits per heavy atom. The van der Waals surface area contributed by atoms with Crippen molar-refractivity contribution in [3.05, 3.63) is 59.7 Å². The van der Waals surface area contributed by atoms with E-state index in [-0.39, 0.29) is 12.2 Å². The third-order valence-corrected chi connectivity index (χ3v) is 4.33. The highest BCUT2D eigenvalue weighted by Crippen LogP contribution is 2.32. The first-order valence-electron chi connectivity index (χ1n) is 8.17. The van der Waals surface area contributed by atoms with Crippen LogP contribution in [0.25, 0.3) is 0 Å². The normalized spacial score (nSPS) is 16.1. The number of hydrogen-bond acceptors (Lipinski definition) is 3. The van der Waals surface area contributed by atoms with Crippen LogP contribution in [-0.4, -0.2) is 18.7 Å². The first-order chi connectivity index (χ1) is 11.3. The minimum absolute atomic E-state index is 0.130. The second-order valence-electron chi connectivity index (χ2n) is 6.23. The van der Waals surface area contributed by atoms with Crippen molar-refractivity contribution in [3.63, 3.8) is 0 Å². The lowest BCUT2D eigenvalue weighted by Gasteiger charge is -2.19. The van der Waals surface area contributed by atoms with Gasteiger partial charge in [-0.15, -0.1) is 0 Å². The zero-order valence-corrected chi connectivity index (χ0v) is 13.0. The Bertz CT molecular complexity index is 711. The number of amides is 1. The van der Waals surface area contributed by atoms with Crippen molar-refractivity contribution in [2.45, 2.75) is 31.9 Å². The Morgan fingerprint density at radius 3 is 2.78 bits per heavy atom. The molecule has 0 aromatic heterocycles. The van der Waals surface area contributed by atoms with Crippen molar-refractivity contribution in [3.8, 4) is 0 Å². The van der Waals surface area contributed by atoms with Crippen molar-refractivity contribution < 1.29 is 9.53 Å². The molecule has 1 saturated carbocycles. The zero-order chi connectivity index (χ0) is 15.6. The Hall–Kier alpha value is -2.49. The molecule has 0 bridgehead atoms. The number of carbonyl (C=O) groups excluding carboxylic acids is 1.